The third kappa shape index (κ3) is 36.2. The highest BCUT2D eigenvalue weighted by Gasteiger charge is 2.44. The number of carbonyl (C=O) groups is 1. The smallest absolute Gasteiger partial charge is 0.249 e. The summed E-state index contributed by atoms with van der Waals surface area (Å²) in [5.41, 5.74) is 0. The Kier molecular flexibility index (Phi) is 44.6. The zero-order valence-corrected chi connectivity index (χ0v) is 43.5. The number of aliphatic hydroxyl groups is 6. The van der Waals surface area contributed by atoms with E-state index >= 15 is 0 Å². The van der Waals surface area contributed by atoms with E-state index in [0.29, 0.717) is 12.8 Å². The van der Waals surface area contributed by atoms with E-state index in [-0.39, 0.29) is 6.61 Å². The SMILES string of the molecule is CCCCCCC/C=C/CC/C=C/C(O)C(COC1OC(CO)C(O)C(O)C1O)NC(=O)C(O)CCCCCCCCCCCCCCCCCCCCCCCCCCCCCCCCC. The second-order valence-electron chi connectivity index (χ2n) is 20.2. The van der Waals surface area contributed by atoms with E-state index in [9.17, 15) is 35.4 Å². The Morgan fingerprint density at radius 1 is 0.507 bits per heavy atom. The molecule has 0 aliphatic carbocycles. The molecule has 7 N–H and O–H groups in total. The van der Waals surface area contributed by atoms with E-state index in [1.165, 1.54) is 205 Å². The third-order valence-corrected chi connectivity index (χ3v) is 13.9. The summed E-state index contributed by atoms with van der Waals surface area (Å²) >= 11 is 0. The van der Waals surface area contributed by atoms with Gasteiger partial charge in [-0.3, -0.25) is 4.79 Å². The molecule has 396 valence electrons. The zero-order chi connectivity index (χ0) is 48.8. The van der Waals surface area contributed by atoms with Crippen molar-refractivity contribution in [3.8, 4) is 0 Å². The Labute approximate surface area is 411 Å². The number of amides is 1. The molecule has 1 amide bonds. The minimum atomic E-state index is -1.61. The number of aliphatic hydroxyl groups excluding tert-OH is 6. The van der Waals surface area contributed by atoms with Gasteiger partial charge in [0.1, 0.15) is 30.5 Å². The van der Waals surface area contributed by atoms with Gasteiger partial charge in [0.05, 0.1) is 25.4 Å². The lowest BCUT2D eigenvalue weighted by Gasteiger charge is -2.40. The van der Waals surface area contributed by atoms with Crippen LogP contribution in [-0.2, 0) is 14.3 Å². The summed E-state index contributed by atoms with van der Waals surface area (Å²) < 4.78 is 11.1. The predicted octanol–water partition coefficient (Wildman–Crippen LogP) is 12.8. The number of carbonyl (C=O) groups excluding carboxylic acids is 1. The number of hydrogen-bond acceptors (Lipinski definition) is 9. The van der Waals surface area contributed by atoms with E-state index < -0.39 is 61.5 Å². The van der Waals surface area contributed by atoms with Crippen LogP contribution in [0.5, 0.6) is 0 Å². The largest absolute Gasteiger partial charge is 0.394 e. The molecule has 0 saturated carbocycles. The molecule has 1 saturated heterocycles. The summed E-state index contributed by atoms with van der Waals surface area (Å²) in [6.45, 7) is 3.59. The minimum Gasteiger partial charge on any atom is -0.394 e. The molecule has 1 aliphatic rings. The van der Waals surface area contributed by atoms with Crippen molar-refractivity contribution in [2.75, 3.05) is 13.2 Å². The number of ether oxygens (including phenoxy) is 2. The van der Waals surface area contributed by atoms with Crippen LogP contribution in [0.15, 0.2) is 24.3 Å². The van der Waals surface area contributed by atoms with E-state index in [0.717, 1.165) is 38.5 Å². The molecule has 0 spiro atoms. The molecular weight excluding hydrogens is 843 g/mol. The van der Waals surface area contributed by atoms with E-state index in [1.807, 2.05) is 6.08 Å². The number of rotatable bonds is 49. The summed E-state index contributed by atoms with van der Waals surface area (Å²) in [7, 11) is 0. The van der Waals surface area contributed by atoms with Gasteiger partial charge in [0.25, 0.3) is 0 Å². The van der Waals surface area contributed by atoms with Crippen molar-refractivity contribution in [3.63, 3.8) is 0 Å². The lowest BCUT2D eigenvalue weighted by atomic mass is 9.99. The number of unbranched alkanes of at least 4 members (excludes halogenated alkanes) is 36. The molecule has 67 heavy (non-hydrogen) atoms. The van der Waals surface area contributed by atoms with Crippen LogP contribution in [-0.4, -0.2) is 98.7 Å². The molecule has 1 rings (SSSR count). The van der Waals surface area contributed by atoms with Gasteiger partial charge in [-0.05, 0) is 32.1 Å². The Balaban J connectivity index is 2.13. The molecule has 0 aromatic rings. The van der Waals surface area contributed by atoms with Crippen molar-refractivity contribution >= 4 is 5.91 Å². The van der Waals surface area contributed by atoms with E-state index in [2.05, 4.69) is 31.3 Å². The Morgan fingerprint density at radius 2 is 0.881 bits per heavy atom. The van der Waals surface area contributed by atoms with Crippen LogP contribution in [0.3, 0.4) is 0 Å². The van der Waals surface area contributed by atoms with Gasteiger partial charge in [-0.1, -0.05) is 263 Å². The predicted molar refractivity (Wildman–Crippen MR) is 278 cm³/mol. The van der Waals surface area contributed by atoms with Crippen LogP contribution in [0.2, 0.25) is 0 Å². The molecular formula is C57H109NO9. The molecule has 0 aromatic carbocycles. The topological polar surface area (TPSA) is 169 Å². The fourth-order valence-electron chi connectivity index (χ4n) is 9.24. The maximum absolute atomic E-state index is 13.1. The summed E-state index contributed by atoms with van der Waals surface area (Å²) in [6.07, 6.45) is 48.9. The van der Waals surface area contributed by atoms with Crippen LogP contribution in [0.4, 0.5) is 0 Å². The highest BCUT2D eigenvalue weighted by atomic mass is 16.7. The van der Waals surface area contributed by atoms with E-state index in [1.54, 1.807) is 6.08 Å². The fraction of sp³-hybridized carbons (Fsp3) is 0.912. The molecule has 10 nitrogen and oxygen atoms in total. The molecule has 0 aromatic heterocycles. The Morgan fingerprint density at radius 3 is 1.30 bits per heavy atom. The quantitative estimate of drug-likeness (QED) is 0.0232. The van der Waals surface area contributed by atoms with Gasteiger partial charge < -0.3 is 45.4 Å². The molecule has 0 bridgehead atoms. The van der Waals surface area contributed by atoms with Gasteiger partial charge >= 0.3 is 0 Å². The molecule has 8 unspecified atom stereocenters. The van der Waals surface area contributed by atoms with Crippen molar-refractivity contribution < 1.29 is 44.9 Å². The number of hydrogen-bond donors (Lipinski definition) is 7. The third-order valence-electron chi connectivity index (χ3n) is 13.9. The van der Waals surface area contributed by atoms with Crippen LogP contribution in [0.1, 0.15) is 271 Å². The first-order valence-corrected chi connectivity index (χ1v) is 28.7. The maximum atomic E-state index is 13.1. The molecule has 1 aliphatic heterocycles. The van der Waals surface area contributed by atoms with Gasteiger partial charge in [0.2, 0.25) is 5.91 Å². The van der Waals surface area contributed by atoms with Crippen LogP contribution >= 0.6 is 0 Å². The summed E-state index contributed by atoms with van der Waals surface area (Å²) in [4.78, 5) is 13.1. The summed E-state index contributed by atoms with van der Waals surface area (Å²) in [6, 6.07) is -0.993. The Hall–Kier alpha value is -1.37. The van der Waals surface area contributed by atoms with Gasteiger partial charge in [-0.2, -0.15) is 0 Å². The second kappa shape index (κ2) is 47.0. The lowest BCUT2D eigenvalue weighted by Crippen LogP contribution is -2.60. The molecule has 0 radical (unpaired) electrons. The average Bonchev–Trinajstić information content (AvgIpc) is 3.33. The van der Waals surface area contributed by atoms with Crippen LogP contribution < -0.4 is 5.32 Å². The first kappa shape index (κ1) is 63.6. The summed E-state index contributed by atoms with van der Waals surface area (Å²) in [5.74, 6) is -0.623. The van der Waals surface area contributed by atoms with Crippen molar-refractivity contribution in [1.29, 1.82) is 0 Å². The fourth-order valence-corrected chi connectivity index (χ4v) is 9.24. The monoisotopic (exact) mass is 952 g/mol. The van der Waals surface area contributed by atoms with Crippen molar-refractivity contribution in [2.45, 2.75) is 320 Å². The first-order valence-electron chi connectivity index (χ1n) is 28.7. The van der Waals surface area contributed by atoms with E-state index in [4.69, 9.17) is 9.47 Å². The van der Waals surface area contributed by atoms with Crippen LogP contribution in [0, 0.1) is 0 Å². The number of nitrogens with one attached hydrogen (secondary N) is 1. The van der Waals surface area contributed by atoms with Crippen molar-refractivity contribution in [3.05, 3.63) is 24.3 Å². The Bertz CT molecular complexity index is 1120. The first-order chi connectivity index (χ1) is 32.8. The van der Waals surface area contributed by atoms with Crippen LogP contribution in [0.25, 0.3) is 0 Å². The molecule has 1 heterocycles. The summed E-state index contributed by atoms with van der Waals surface area (Å²) in [5, 5.41) is 64.8. The van der Waals surface area contributed by atoms with Gasteiger partial charge in [0, 0.05) is 0 Å². The van der Waals surface area contributed by atoms with Crippen molar-refractivity contribution in [2.24, 2.45) is 0 Å². The molecule has 10 heteroatoms. The standard InChI is InChI=1S/C57H109NO9/c1-3-5-7-9-11-13-15-16-17-18-19-20-21-22-23-24-25-26-27-28-29-30-31-32-33-34-36-38-40-42-44-46-51(61)56(65)58-49(48-66-57-55(64)54(63)53(62)52(47-59)67-57)50(60)45-43-41-39-37-35-14-12-10-8-6-4-2/h35,37,43,45,49-55,57,59-64H,3-34,36,38-42,44,46-48H2,1-2H3,(H,58,65)/b37-35+,45-43+. The number of allylic oxidation sites excluding steroid dienone is 3. The minimum absolute atomic E-state index is 0.308. The molecule has 1 fully saturated rings. The normalized spacial score (nSPS) is 20.3. The second-order valence-corrected chi connectivity index (χ2v) is 20.2. The average molecular weight is 952 g/mol. The highest BCUT2D eigenvalue weighted by molar-refractivity contribution is 5.80. The molecule has 8 atom stereocenters. The van der Waals surface area contributed by atoms with Gasteiger partial charge in [0.15, 0.2) is 6.29 Å². The lowest BCUT2D eigenvalue weighted by molar-refractivity contribution is -0.302. The van der Waals surface area contributed by atoms with Crippen molar-refractivity contribution in [1.82, 2.24) is 5.32 Å². The highest BCUT2D eigenvalue weighted by Crippen LogP contribution is 2.23. The zero-order valence-electron chi connectivity index (χ0n) is 43.5. The van der Waals surface area contributed by atoms with Gasteiger partial charge in [-0.15, -0.1) is 0 Å². The van der Waals surface area contributed by atoms with Gasteiger partial charge in [-0.25, -0.2) is 0 Å². The maximum Gasteiger partial charge on any atom is 0.249 e.